The molecule has 0 aliphatic rings. The maximum Gasteiger partial charge on any atom is 0.336 e. The molecule has 0 spiro atoms. The quantitative estimate of drug-likeness (QED) is 0.355. The number of hydrogen-bond donors (Lipinski definition) is 0. The number of rotatable bonds is 6. The third-order valence-electron chi connectivity index (χ3n) is 4.30. The van der Waals surface area contributed by atoms with Crippen LogP contribution >= 0.6 is 11.8 Å². The minimum atomic E-state index is -0.362. The first-order valence-electron chi connectivity index (χ1n) is 8.72. The molecule has 28 heavy (non-hydrogen) atoms. The maximum absolute atomic E-state index is 11.8. The van der Waals surface area contributed by atoms with Gasteiger partial charge in [-0.15, -0.1) is 10.2 Å². The van der Waals surface area contributed by atoms with Crippen molar-refractivity contribution in [3.63, 3.8) is 0 Å². The fourth-order valence-corrected chi connectivity index (χ4v) is 3.65. The minimum Gasteiger partial charge on any atom is -0.497 e. The zero-order valence-electron chi connectivity index (χ0n) is 15.5. The summed E-state index contributed by atoms with van der Waals surface area (Å²) in [7, 11) is 1.64. The van der Waals surface area contributed by atoms with Crippen molar-refractivity contribution in [2.24, 2.45) is 0 Å². The molecule has 0 aliphatic carbocycles. The molecule has 0 amide bonds. The van der Waals surface area contributed by atoms with Crippen molar-refractivity contribution < 1.29 is 13.6 Å². The van der Waals surface area contributed by atoms with Gasteiger partial charge in [-0.1, -0.05) is 36.0 Å². The summed E-state index contributed by atoms with van der Waals surface area (Å²) in [5.41, 5.74) is 3.21. The van der Waals surface area contributed by atoms with E-state index in [1.165, 1.54) is 17.8 Å². The molecule has 6 nitrogen and oxygen atoms in total. The normalized spacial score (nSPS) is 11.1. The van der Waals surface area contributed by atoms with Gasteiger partial charge in [0.2, 0.25) is 5.89 Å². The summed E-state index contributed by atoms with van der Waals surface area (Å²) in [6.07, 6.45) is 0.550. The lowest BCUT2D eigenvalue weighted by Gasteiger charge is -2.04. The smallest absolute Gasteiger partial charge is 0.336 e. The van der Waals surface area contributed by atoms with Gasteiger partial charge in [0.05, 0.1) is 13.5 Å². The van der Waals surface area contributed by atoms with E-state index < -0.39 is 0 Å². The molecule has 0 fully saturated rings. The highest BCUT2D eigenvalue weighted by Crippen LogP contribution is 2.26. The number of hydrogen-bond acceptors (Lipinski definition) is 7. The lowest BCUT2D eigenvalue weighted by Crippen LogP contribution is -2.00. The van der Waals surface area contributed by atoms with Gasteiger partial charge in [0.15, 0.2) is 0 Å². The lowest BCUT2D eigenvalue weighted by atomic mass is 10.1. The molecule has 2 aromatic carbocycles. The van der Waals surface area contributed by atoms with Gasteiger partial charge in [-0.25, -0.2) is 4.79 Å². The van der Waals surface area contributed by atoms with Crippen LogP contribution in [0.15, 0.2) is 67.4 Å². The molecule has 0 N–H and O–H groups in total. The molecule has 0 aliphatic heterocycles. The number of aromatic nitrogens is 2. The number of ether oxygens (including phenoxy) is 1. The fourth-order valence-electron chi connectivity index (χ4n) is 2.88. The number of thioether (sulfide) groups is 1. The average Bonchev–Trinajstić information content (AvgIpc) is 3.13. The summed E-state index contributed by atoms with van der Waals surface area (Å²) in [4.78, 5) is 11.8. The zero-order valence-corrected chi connectivity index (χ0v) is 16.3. The SMILES string of the molecule is COc1ccc(Cc2nnc(SCc3cc(=O)oc4cc(C)ccc34)o2)cc1. The molecule has 4 aromatic rings. The Hall–Kier alpha value is -3.06. The van der Waals surface area contributed by atoms with Crippen LogP contribution in [-0.2, 0) is 12.2 Å². The van der Waals surface area contributed by atoms with Crippen LogP contribution in [0.5, 0.6) is 5.75 Å². The fraction of sp³-hybridized carbons (Fsp3) is 0.190. The number of nitrogens with zero attached hydrogens (tertiary/aromatic N) is 2. The topological polar surface area (TPSA) is 78.4 Å². The van der Waals surface area contributed by atoms with E-state index >= 15 is 0 Å². The highest BCUT2D eigenvalue weighted by Gasteiger charge is 2.11. The van der Waals surface area contributed by atoms with Crippen LogP contribution < -0.4 is 10.4 Å². The van der Waals surface area contributed by atoms with E-state index in [0.717, 1.165) is 27.8 Å². The summed E-state index contributed by atoms with van der Waals surface area (Å²) >= 11 is 1.40. The van der Waals surface area contributed by atoms with Crippen molar-refractivity contribution in [3.8, 4) is 5.75 Å². The molecule has 7 heteroatoms. The van der Waals surface area contributed by atoms with Gasteiger partial charge in [0, 0.05) is 17.2 Å². The van der Waals surface area contributed by atoms with Crippen LogP contribution in [0.2, 0.25) is 0 Å². The Labute approximate surface area is 165 Å². The van der Waals surface area contributed by atoms with E-state index in [1.807, 2.05) is 49.4 Å². The molecule has 0 saturated carbocycles. The molecule has 2 heterocycles. The summed E-state index contributed by atoms with van der Waals surface area (Å²) in [6, 6.07) is 15.1. The molecule has 0 radical (unpaired) electrons. The lowest BCUT2D eigenvalue weighted by molar-refractivity contribution is 0.413. The number of methoxy groups -OCH3 is 1. The molecular weight excluding hydrogens is 376 g/mol. The van der Waals surface area contributed by atoms with Gasteiger partial charge in [0.25, 0.3) is 5.22 Å². The van der Waals surface area contributed by atoms with Crippen molar-refractivity contribution >= 4 is 22.7 Å². The van der Waals surface area contributed by atoms with Gasteiger partial charge in [-0.2, -0.15) is 0 Å². The maximum atomic E-state index is 11.8. The third kappa shape index (κ3) is 4.09. The van der Waals surface area contributed by atoms with Gasteiger partial charge >= 0.3 is 5.63 Å². The Morgan fingerprint density at radius 2 is 1.86 bits per heavy atom. The zero-order chi connectivity index (χ0) is 19.5. The van der Waals surface area contributed by atoms with Crippen LogP contribution in [0.3, 0.4) is 0 Å². The van der Waals surface area contributed by atoms with Crippen LogP contribution in [0.25, 0.3) is 11.0 Å². The third-order valence-corrected chi connectivity index (χ3v) is 5.17. The van der Waals surface area contributed by atoms with Gasteiger partial charge in [0.1, 0.15) is 11.3 Å². The number of aryl methyl sites for hydroxylation is 1. The molecule has 0 saturated heterocycles. The monoisotopic (exact) mass is 394 g/mol. The molecule has 0 unspecified atom stereocenters. The second kappa shape index (κ2) is 7.90. The van der Waals surface area contributed by atoms with Gasteiger partial charge in [-0.05, 0) is 41.8 Å². The van der Waals surface area contributed by atoms with E-state index in [9.17, 15) is 4.79 Å². The Bertz CT molecular complexity index is 1170. The highest BCUT2D eigenvalue weighted by atomic mass is 32.2. The van der Waals surface area contributed by atoms with E-state index in [-0.39, 0.29) is 5.63 Å². The average molecular weight is 394 g/mol. The van der Waals surface area contributed by atoms with Crippen LogP contribution in [0, 0.1) is 6.92 Å². The van der Waals surface area contributed by atoms with Crippen LogP contribution in [-0.4, -0.2) is 17.3 Å². The van der Waals surface area contributed by atoms with Crippen molar-refractivity contribution in [1.29, 1.82) is 0 Å². The van der Waals surface area contributed by atoms with E-state index in [0.29, 0.717) is 28.9 Å². The second-order valence-electron chi connectivity index (χ2n) is 6.37. The largest absolute Gasteiger partial charge is 0.497 e. The Balaban J connectivity index is 1.47. The summed E-state index contributed by atoms with van der Waals surface area (Å²) < 4.78 is 16.2. The Kier molecular flexibility index (Phi) is 5.16. The molecule has 142 valence electrons. The molecule has 4 rings (SSSR count). The number of benzene rings is 2. The summed E-state index contributed by atoms with van der Waals surface area (Å²) in [6.45, 7) is 1.96. The first kappa shape index (κ1) is 18.3. The van der Waals surface area contributed by atoms with Crippen molar-refractivity contribution in [2.75, 3.05) is 7.11 Å². The summed E-state index contributed by atoms with van der Waals surface area (Å²) in [5.74, 6) is 1.89. The molecular formula is C21H18N2O4S. The first-order chi connectivity index (χ1) is 13.6. The van der Waals surface area contributed by atoms with E-state index in [4.69, 9.17) is 13.6 Å². The van der Waals surface area contributed by atoms with Crippen molar-refractivity contribution in [1.82, 2.24) is 10.2 Å². The van der Waals surface area contributed by atoms with Crippen LogP contribution in [0.1, 0.15) is 22.6 Å². The van der Waals surface area contributed by atoms with Crippen molar-refractivity contribution in [3.05, 3.63) is 81.5 Å². The second-order valence-corrected chi connectivity index (χ2v) is 7.29. The van der Waals surface area contributed by atoms with E-state index in [1.54, 1.807) is 7.11 Å². The van der Waals surface area contributed by atoms with Crippen LogP contribution in [0.4, 0.5) is 0 Å². The minimum absolute atomic E-state index is 0.362. The number of fused-ring (bicyclic) bond motifs is 1. The highest BCUT2D eigenvalue weighted by molar-refractivity contribution is 7.98. The standard InChI is InChI=1S/C21H18N2O4S/c1-13-3-8-17-15(11-20(24)26-18(17)9-13)12-28-21-23-22-19(27-21)10-14-4-6-16(25-2)7-5-14/h3-9,11H,10,12H2,1-2H3. The summed E-state index contributed by atoms with van der Waals surface area (Å²) in [5, 5.41) is 9.59. The van der Waals surface area contributed by atoms with Gasteiger partial charge in [-0.3, -0.25) is 0 Å². The molecule has 0 bridgehead atoms. The van der Waals surface area contributed by atoms with Gasteiger partial charge < -0.3 is 13.6 Å². The predicted molar refractivity (Wildman–Crippen MR) is 107 cm³/mol. The predicted octanol–water partition coefficient (Wildman–Crippen LogP) is 4.38. The molecule has 0 atom stereocenters. The Morgan fingerprint density at radius 3 is 2.64 bits per heavy atom. The van der Waals surface area contributed by atoms with E-state index in [2.05, 4.69) is 10.2 Å². The molecule has 2 aromatic heterocycles. The Morgan fingerprint density at radius 1 is 1.04 bits per heavy atom. The first-order valence-corrected chi connectivity index (χ1v) is 9.71. The van der Waals surface area contributed by atoms with Crippen molar-refractivity contribution in [2.45, 2.75) is 24.3 Å².